The summed E-state index contributed by atoms with van der Waals surface area (Å²) in [6.07, 6.45) is 6.24. The molecule has 3 aromatic rings. The second-order valence-corrected chi connectivity index (χ2v) is 8.17. The summed E-state index contributed by atoms with van der Waals surface area (Å²) in [4.78, 5) is 27.5. The summed E-state index contributed by atoms with van der Waals surface area (Å²) in [5, 5.41) is 11.9. The van der Waals surface area contributed by atoms with E-state index < -0.39 is 5.91 Å². The number of hydrogen-bond donors (Lipinski definition) is 1. The number of ether oxygens (including phenoxy) is 1. The number of aryl methyl sites for hydroxylation is 2. The first-order valence-corrected chi connectivity index (χ1v) is 10.8. The molecular formula is C22H25ClN6O3. The molecule has 0 aliphatic carbocycles. The minimum atomic E-state index is -0.424. The van der Waals surface area contributed by atoms with E-state index in [9.17, 15) is 9.59 Å². The van der Waals surface area contributed by atoms with Gasteiger partial charge in [-0.3, -0.25) is 14.3 Å². The van der Waals surface area contributed by atoms with Crippen molar-refractivity contribution in [2.75, 3.05) is 18.4 Å². The minimum absolute atomic E-state index is 0.128. The molecule has 0 bridgehead atoms. The molecule has 2 amide bonds. The molecule has 1 aliphatic rings. The van der Waals surface area contributed by atoms with Crippen LogP contribution in [0.5, 0.6) is 5.75 Å². The van der Waals surface area contributed by atoms with Crippen LogP contribution in [-0.2, 0) is 13.8 Å². The fourth-order valence-electron chi connectivity index (χ4n) is 3.62. The number of piperidine rings is 1. The van der Waals surface area contributed by atoms with Crippen LogP contribution in [0.1, 0.15) is 45.8 Å². The van der Waals surface area contributed by atoms with Gasteiger partial charge in [-0.05, 0) is 56.0 Å². The van der Waals surface area contributed by atoms with Crippen molar-refractivity contribution in [1.29, 1.82) is 0 Å². The Kier molecular flexibility index (Phi) is 6.45. The fraction of sp³-hybridized carbons (Fsp3) is 0.364. The molecular weight excluding hydrogens is 432 g/mol. The topological polar surface area (TPSA) is 94.3 Å². The van der Waals surface area contributed by atoms with E-state index in [1.807, 2.05) is 13.0 Å². The van der Waals surface area contributed by atoms with Crippen LogP contribution in [0.4, 0.5) is 5.69 Å². The Morgan fingerprint density at radius 2 is 1.97 bits per heavy atom. The van der Waals surface area contributed by atoms with Crippen molar-refractivity contribution in [3.8, 4) is 5.75 Å². The van der Waals surface area contributed by atoms with Crippen molar-refractivity contribution in [2.45, 2.75) is 32.9 Å². The molecule has 168 valence electrons. The van der Waals surface area contributed by atoms with E-state index in [0.717, 1.165) is 37.9 Å². The maximum Gasteiger partial charge on any atom is 0.276 e. The molecule has 9 nitrogen and oxygen atoms in total. The van der Waals surface area contributed by atoms with Gasteiger partial charge in [0.2, 0.25) is 0 Å². The van der Waals surface area contributed by atoms with E-state index in [1.165, 1.54) is 15.6 Å². The number of nitrogens with zero attached hydrogens (tertiary/aromatic N) is 5. The van der Waals surface area contributed by atoms with Gasteiger partial charge in [-0.2, -0.15) is 10.2 Å². The third kappa shape index (κ3) is 4.77. The second kappa shape index (κ2) is 9.44. The van der Waals surface area contributed by atoms with Crippen molar-refractivity contribution >= 4 is 29.1 Å². The monoisotopic (exact) mass is 456 g/mol. The molecule has 1 N–H and O–H groups in total. The third-order valence-corrected chi connectivity index (χ3v) is 5.82. The number of nitrogens with one attached hydrogen (secondary N) is 1. The Labute approximate surface area is 190 Å². The number of anilines is 1. The third-order valence-electron chi connectivity index (χ3n) is 5.40. The number of benzene rings is 1. The molecule has 0 radical (unpaired) electrons. The number of aromatic nitrogens is 4. The van der Waals surface area contributed by atoms with Gasteiger partial charge < -0.3 is 15.0 Å². The van der Waals surface area contributed by atoms with E-state index in [-0.39, 0.29) is 18.3 Å². The van der Waals surface area contributed by atoms with Crippen LogP contribution >= 0.6 is 11.6 Å². The van der Waals surface area contributed by atoms with Crippen LogP contribution in [0, 0.1) is 6.92 Å². The molecule has 1 aliphatic heterocycles. The predicted molar refractivity (Wildman–Crippen MR) is 120 cm³/mol. The van der Waals surface area contributed by atoms with Crippen molar-refractivity contribution < 1.29 is 14.3 Å². The average molecular weight is 457 g/mol. The van der Waals surface area contributed by atoms with Gasteiger partial charge >= 0.3 is 0 Å². The number of rotatable bonds is 6. The molecule has 0 spiro atoms. The summed E-state index contributed by atoms with van der Waals surface area (Å²) < 4.78 is 8.72. The summed E-state index contributed by atoms with van der Waals surface area (Å²) in [5.41, 5.74) is 1.86. The zero-order valence-electron chi connectivity index (χ0n) is 18.0. The molecule has 1 saturated heterocycles. The second-order valence-electron chi connectivity index (χ2n) is 7.76. The van der Waals surface area contributed by atoms with Crippen LogP contribution in [0.25, 0.3) is 0 Å². The SMILES string of the molecule is Cc1cc(OCn2ccc(C(=O)Nc3cnn(C)c3C(=O)N3CCCCC3)n2)ccc1Cl. The average Bonchev–Trinajstić information content (AvgIpc) is 3.41. The van der Waals surface area contributed by atoms with Gasteiger partial charge in [0.1, 0.15) is 11.4 Å². The fourth-order valence-corrected chi connectivity index (χ4v) is 3.74. The van der Waals surface area contributed by atoms with E-state index >= 15 is 0 Å². The van der Waals surface area contributed by atoms with Crippen molar-refractivity contribution in [3.05, 3.63) is 58.6 Å². The Bertz CT molecular complexity index is 1130. The Balaban J connectivity index is 1.41. The molecule has 10 heteroatoms. The van der Waals surface area contributed by atoms with E-state index in [1.54, 1.807) is 36.3 Å². The van der Waals surface area contributed by atoms with E-state index in [4.69, 9.17) is 16.3 Å². The maximum absolute atomic E-state index is 13.0. The van der Waals surface area contributed by atoms with Crippen LogP contribution in [0.15, 0.2) is 36.7 Å². The lowest BCUT2D eigenvalue weighted by Crippen LogP contribution is -2.37. The molecule has 1 fully saturated rings. The van der Waals surface area contributed by atoms with Gasteiger partial charge in [0, 0.05) is 31.4 Å². The largest absolute Gasteiger partial charge is 0.471 e. The molecule has 32 heavy (non-hydrogen) atoms. The highest BCUT2D eigenvalue weighted by atomic mass is 35.5. The zero-order chi connectivity index (χ0) is 22.7. The molecule has 2 aromatic heterocycles. The standard InChI is InChI=1S/C22H25ClN6O3/c1-15-12-16(6-7-17(15)23)32-14-29-11-8-18(26-29)21(30)25-19-13-24-27(2)20(19)22(31)28-9-4-3-5-10-28/h6-8,11-13H,3-5,9-10,14H2,1-2H3,(H,25,30). The lowest BCUT2D eigenvalue weighted by atomic mass is 10.1. The smallest absolute Gasteiger partial charge is 0.276 e. The Morgan fingerprint density at radius 1 is 1.19 bits per heavy atom. The highest BCUT2D eigenvalue weighted by Gasteiger charge is 2.25. The molecule has 4 rings (SSSR count). The minimum Gasteiger partial charge on any atom is -0.471 e. The summed E-state index contributed by atoms with van der Waals surface area (Å²) >= 11 is 6.03. The Hall–Kier alpha value is -3.33. The first-order valence-electron chi connectivity index (χ1n) is 10.5. The number of likely N-dealkylation sites (tertiary alicyclic amines) is 1. The van der Waals surface area contributed by atoms with Gasteiger partial charge in [0.25, 0.3) is 11.8 Å². The molecule has 0 atom stereocenters. The molecule has 3 heterocycles. The van der Waals surface area contributed by atoms with Crippen LogP contribution in [-0.4, -0.2) is 49.4 Å². The van der Waals surface area contributed by atoms with Crippen LogP contribution in [0.3, 0.4) is 0 Å². The normalized spacial score (nSPS) is 13.8. The zero-order valence-corrected chi connectivity index (χ0v) is 18.8. The maximum atomic E-state index is 13.0. The van der Waals surface area contributed by atoms with Gasteiger partial charge in [-0.1, -0.05) is 11.6 Å². The number of hydrogen-bond acceptors (Lipinski definition) is 5. The number of carbonyl (C=O) groups is 2. The Morgan fingerprint density at radius 3 is 2.72 bits per heavy atom. The lowest BCUT2D eigenvalue weighted by Gasteiger charge is -2.27. The first-order chi connectivity index (χ1) is 15.4. The predicted octanol–water partition coefficient (Wildman–Crippen LogP) is 3.49. The van der Waals surface area contributed by atoms with Crippen molar-refractivity contribution in [2.24, 2.45) is 7.05 Å². The first kappa shape index (κ1) is 21.9. The number of carbonyl (C=O) groups excluding carboxylic acids is 2. The van der Waals surface area contributed by atoms with Crippen molar-refractivity contribution in [1.82, 2.24) is 24.5 Å². The van der Waals surface area contributed by atoms with Gasteiger partial charge in [0.15, 0.2) is 12.4 Å². The highest BCUT2D eigenvalue weighted by molar-refractivity contribution is 6.31. The van der Waals surface area contributed by atoms with E-state index in [2.05, 4.69) is 15.5 Å². The summed E-state index contributed by atoms with van der Waals surface area (Å²) in [6.45, 7) is 3.47. The van der Waals surface area contributed by atoms with Crippen molar-refractivity contribution in [3.63, 3.8) is 0 Å². The molecule has 0 unspecified atom stereocenters. The van der Waals surface area contributed by atoms with Gasteiger partial charge in [-0.15, -0.1) is 0 Å². The molecule has 0 saturated carbocycles. The van der Waals surface area contributed by atoms with E-state index in [0.29, 0.717) is 22.2 Å². The summed E-state index contributed by atoms with van der Waals surface area (Å²) in [5.74, 6) is 0.105. The van der Waals surface area contributed by atoms with Gasteiger partial charge in [0.05, 0.1) is 11.9 Å². The van der Waals surface area contributed by atoms with Crippen LogP contribution in [0.2, 0.25) is 5.02 Å². The quantitative estimate of drug-likeness (QED) is 0.612. The molecule has 1 aromatic carbocycles. The summed E-state index contributed by atoms with van der Waals surface area (Å²) in [6, 6.07) is 6.97. The highest BCUT2D eigenvalue weighted by Crippen LogP contribution is 2.22. The van der Waals surface area contributed by atoms with Crippen LogP contribution < -0.4 is 10.1 Å². The number of halogens is 1. The van der Waals surface area contributed by atoms with Gasteiger partial charge in [-0.25, -0.2) is 4.68 Å². The lowest BCUT2D eigenvalue weighted by molar-refractivity contribution is 0.0714. The summed E-state index contributed by atoms with van der Waals surface area (Å²) in [7, 11) is 1.69. The number of amides is 2.